The fourth-order valence-electron chi connectivity index (χ4n) is 1.48. The van der Waals surface area contributed by atoms with Crippen molar-refractivity contribution in [3.63, 3.8) is 0 Å². The van der Waals surface area contributed by atoms with Crippen molar-refractivity contribution in [3.8, 4) is 0 Å². The zero-order valence-corrected chi connectivity index (χ0v) is 8.85. The molecule has 1 heterocycles. The summed E-state index contributed by atoms with van der Waals surface area (Å²) >= 11 is 0. The SMILES string of the molecule is CC(C)OCC1(F)CCN(C)CC1. The van der Waals surface area contributed by atoms with Gasteiger partial charge in [0, 0.05) is 13.1 Å². The highest BCUT2D eigenvalue weighted by atomic mass is 19.1. The zero-order chi connectivity index (χ0) is 9.90. The molecule has 2 nitrogen and oxygen atoms in total. The highest BCUT2D eigenvalue weighted by Crippen LogP contribution is 2.26. The average Bonchev–Trinajstić information content (AvgIpc) is 2.08. The van der Waals surface area contributed by atoms with Gasteiger partial charge in [0.25, 0.3) is 0 Å². The maximum absolute atomic E-state index is 14.0. The van der Waals surface area contributed by atoms with Crippen LogP contribution in [0.2, 0.25) is 0 Å². The summed E-state index contributed by atoms with van der Waals surface area (Å²) in [5, 5.41) is 0. The Morgan fingerprint density at radius 1 is 1.38 bits per heavy atom. The molecule has 1 aliphatic rings. The van der Waals surface area contributed by atoms with Crippen molar-refractivity contribution in [2.45, 2.75) is 38.5 Å². The van der Waals surface area contributed by atoms with Crippen LogP contribution in [0.15, 0.2) is 0 Å². The normalized spacial score (nSPS) is 23.8. The molecule has 1 aliphatic heterocycles. The minimum absolute atomic E-state index is 0.132. The lowest BCUT2D eigenvalue weighted by molar-refractivity contribution is -0.0418. The Morgan fingerprint density at radius 2 is 1.92 bits per heavy atom. The number of piperidine rings is 1. The minimum Gasteiger partial charge on any atom is -0.375 e. The predicted molar refractivity (Wildman–Crippen MR) is 51.7 cm³/mol. The smallest absolute Gasteiger partial charge is 0.136 e. The first-order chi connectivity index (χ1) is 6.02. The van der Waals surface area contributed by atoms with E-state index in [1.807, 2.05) is 20.9 Å². The molecule has 0 radical (unpaired) electrons. The van der Waals surface area contributed by atoms with Crippen LogP contribution in [0.1, 0.15) is 26.7 Å². The third-order valence-corrected chi connectivity index (χ3v) is 2.56. The van der Waals surface area contributed by atoms with E-state index in [4.69, 9.17) is 4.74 Å². The van der Waals surface area contributed by atoms with Crippen LogP contribution in [0.4, 0.5) is 4.39 Å². The van der Waals surface area contributed by atoms with Gasteiger partial charge in [0.05, 0.1) is 12.7 Å². The molecule has 0 aromatic heterocycles. The average molecular weight is 189 g/mol. The molecule has 0 unspecified atom stereocenters. The number of hydrogen-bond acceptors (Lipinski definition) is 2. The number of nitrogens with zero attached hydrogens (tertiary/aromatic N) is 1. The van der Waals surface area contributed by atoms with Crippen molar-refractivity contribution in [2.24, 2.45) is 0 Å². The molecule has 0 amide bonds. The summed E-state index contributed by atoms with van der Waals surface area (Å²) < 4.78 is 19.3. The predicted octanol–water partition coefficient (Wildman–Crippen LogP) is 1.85. The monoisotopic (exact) mass is 189 g/mol. The van der Waals surface area contributed by atoms with Crippen molar-refractivity contribution >= 4 is 0 Å². The van der Waals surface area contributed by atoms with Gasteiger partial charge in [-0.05, 0) is 33.7 Å². The molecule has 78 valence electrons. The molecule has 1 rings (SSSR count). The lowest BCUT2D eigenvalue weighted by atomic mass is 9.94. The molecule has 0 aliphatic carbocycles. The highest BCUT2D eigenvalue weighted by molar-refractivity contribution is 4.85. The highest BCUT2D eigenvalue weighted by Gasteiger charge is 2.33. The van der Waals surface area contributed by atoms with Crippen LogP contribution in [0.25, 0.3) is 0 Å². The van der Waals surface area contributed by atoms with E-state index < -0.39 is 5.67 Å². The van der Waals surface area contributed by atoms with Crippen LogP contribution >= 0.6 is 0 Å². The van der Waals surface area contributed by atoms with Gasteiger partial charge in [-0.3, -0.25) is 0 Å². The molecular formula is C10H20FNO. The summed E-state index contributed by atoms with van der Waals surface area (Å²) in [6.45, 7) is 5.84. The number of likely N-dealkylation sites (tertiary alicyclic amines) is 1. The molecule has 0 aromatic carbocycles. The van der Waals surface area contributed by atoms with Gasteiger partial charge in [0.1, 0.15) is 5.67 Å². The molecule has 0 aromatic rings. The Labute approximate surface area is 80.1 Å². The fraction of sp³-hybridized carbons (Fsp3) is 1.00. The van der Waals surface area contributed by atoms with Crippen LogP contribution in [0.3, 0.4) is 0 Å². The first kappa shape index (κ1) is 10.9. The number of alkyl halides is 1. The first-order valence-corrected chi connectivity index (χ1v) is 5.01. The summed E-state index contributed by atoms with van der Waals surface area (Å²) in [6, 6.07) is 0. The Morgan fingerprint density at radius 3 is 2.38 bits per heavy atom. The molecule has 0 spiro atoms. The van der Waals surface area contributed by atoms with E-state index in [0.717, 1.165) is 13.1 Å². The van der Waals surface area contributed by atoms with E-state index in [1.54, 1.807) is 0 Å². The zero-order valence-electron chi connectivity index (χ0n) is 8.85. The molecule has 0 bridgehead atoms. The van der Waals surface area contributed by atoms with Crippen molar-refractivity contribution in [1.29, 1.82) is 0 Å². The van der Waals surface area contributed by atoms with Crippen molar-refractivity contribution in [1.82, 2.24) is 4.90 Å². The quantitative estimate of drug-likeness (QED) is 0.671. The maximum atomic E-state index is 14.0. The summed E-state index contributed by atoms with van der Waals surface area (Å²) in [7, 11) is 2.03. The van der Waals surface area contributed by atoms with Gasteiger partial charge in [-0.15, -0.1) is 0 Å². The molecule has 0 saturated carbocycles. The minimum atomic E-state index is -1.07. The molecule has 1 saturated heterocycles. The second kappa shape index (κ2) is 4.38. The molecule has 1 fully saturated rings. The van der Waals surface area contributed by atoms with E-state index in [1.165, 1.54) is 0 Å². The second-order valence-electron chi connectivity index (χ2n) is 4.31. The van der Waals surface area contributed by atoms with Crippen molar-refractivity contribution < 1.29 is 9.13 Å². The van der Waals surface area contributed by atoms with E-state index in [9.17, 15) is 4.39 Å². The topological polar surface area (TPSA) is 12.5 Å². The Bertz CT molecular complexity index is 153. The number of halogens is 1. The summed E-state index contributed by atoms with van der Waals surface area (Å²) in [5.41, 5.74) is -1.07. The van der Waals surface area contributed by atoms with Gasteiger partial charge in [-0.1, -0.05) is 0 Å². The summed E-state index contributed by atoms with van der Waals surface area (Å²) in [4.78, 5) is 2.16. The summed E-state index contributed by atoms with van der Waals surface area (Å²) in [5.74, 6) is 0. The number of hydrogen-bond donors (Lipinski definition) is 0. The first-order valence-electron chi connectivity index (χ1n) is 5.01. The Hall–Kier alpha value is -0.150. The van der Waals surface area contributed by atoms with Gasteiger partial charge in [-0.25, -0.2) is 4.39 Å². The Balaban J connectivity index is 2.30. The maximum Gasteiger partial charge on any atom is 0.136 e. The number of rotatable bonds is 3. The second-order valence-corrected chi connectivity index (χ2v) is 4.31. The fourth-order valence-corrected chi connectivity index (χ4v) is 1.48. The third kappa shape index (κ3) is 3.61. The van der Waals surface area contributed by atoms with Gasteiger partial charge in [0.2, 0.25) is 0 Å². The van der Waals surface area contributed by atoms with Gasteiger partial charge in [0.15, 0.2) is 0 Å². The van der Waals surface area contributed by atoms with E-state index >= 15 is 0 Å². The largest absolute Gasteiger partial charge is 0.375 e. The van der Waals surface area contributed by atoms with Crippen molar-refractivity contribution in [3.05, 3.63) is 0 Å². The molecule has 0 atom stereocenters. The van der Waals surface area contributed by atoms with E-state index in [-0.39, 0.29) is 12.7 Å². The lowest BCUT2D eigenvalue weighted by Crippen LogP contribution is -2.43. The van der Waals surface area contributed by atoms with E-state index in [2.05, 4.69) is 4.90 Å². The van der Waals surface area contributed by atoms with Gasteiger partial charge < -0.3 is 9.64 Å². The molecule has 0 N–H and O–H groups in total. The Kier molecular flexibility index (Phi) is 3.68. The van der Waals surface area contributed by atoms with Crippen LogP contribution < -0.4 is 0 Å². The molecule has 13 heavy (non-hydrogen) atoms. The van der Waals surface area contributed by atoms with Gasteiger partial charge >= 0.3 is 0 Å². The van der Waals surface area contributed by atoms with E-state index in [0.29, 0.717) is 12.8 Å². The molecule has 3 heteroatoms. The third-order valence-electron chi connectivity index (χ3n) is 2.56. The lowest BCUT2D eigenvalue weighted by Gasteiger charge is -2.34. The van der Waals surface area contributed by atoms with Crippen LogP contribution in [0, 0.1) is 0 Å². The van der Waals surface area contributed by atoms with Crippen LogP contribution in [0.5, 0.6) is 0 Å². The van der Waals surface area contributed by atoms with Crippen LogP contribution in [-0.4, -0.2) is 43.4 Å². The molecular weight excluding hydrogens is 169 g/mol. The van der Waals surface area contributed by atoms with Crippen molar-refractivity contribution in [2.75, 3.05) is 26.7 Å². The van der Waals surface area contributed by atoms with Crippen LogP contribution in [-0.2, 0) is 4.74 Å². The standard InChI is InChI=1S/C10H20FNO/c1-9(2)13-8-10(11)4-6-12(3)7-5-10/h9H,4-8H2,1-3H3. The number of ether oxygens (including phenoxy) is 1. The summed E-state index contributed by atoms with van der Waals surface area (Å²) in [6.07, 6.45) is 1.35. The van der Waals surface area contributed by atoms with Gasteiger partial charge in [-0.2, -0.15) is 0 Å².